The Kier molecular flexibility index (Phi) is 4.37. The molecule has 1 fully saturated rings. The fraction of sp³-hybridized carbons (Fsp3) is 0.385. The van der Waals surface area contributed by atoms with Crippen molar-refractivity contribution in [3.8, 4) is 6.07 Å². The Balaban J connectivity index is 1.96. The SMILES string of the molecule is N#Cc1ccc(NC(=O)CN2CCCCS2(=O)=O)cc1. The van der Waals surface area contributed by atoms with Gasteiger partial charge in [-0.2, -0.15) is 9.57 Å². The lowest BCUT2D eigenvalue weighted by atomic mass is 10.2. The Morgan fingerprint density at radius 3 is 2.60 bits per heavy atom. The molecule has 1 amide bonds. The molecular formula is C13H15N3O3S. The first-order valence-corrected chi connectivity index (χ1v) is 7.90. The lowest BCUT2D eigenvalue weighted by molar-refractivity contribution is -0.116. The van der Waals surface area contributed by atoms with Crippen LogP contribution in [0.3, 0.4) is 0 Å². The number of hydrogen-bond donors (Lipinski definition) is 1. The Bertz CT molecular complexity index is 632. The second-order valence-corrected chi connectivity index (χ2v) is 6.68. The highest BCUT2D eigenvalue weighted by Crippen LogP contribution is 2.14. The first-order chi connectivity index (χ1) is 9.51. The van der Waals surface area contributed by atoms with Gasteiger partial charge in [0.25, 0.3) is 0 Å². The molecule has 0 saturated carbocycles. The number of nitriles is 1. The Morgan fingerprint density at radius 1 is 1.30 bits per heavy atom. The second-order valence-electron chi connectivity index (χ2n) is 4.59. The maximum absolute atomic E-state index is 11.8. The van der Waals surface area contributed by atoms with E-state index in [1.54, 1.807) is 24.3 Å². The van der Waals surface area contributed by atoms with Gasteiger partial charge in [-0.15, -0.1) is 0 Å². The lowest BCUT2D eigenvalue weighted by Crippen LogP contribution is -2.42. The first-order valence-electron chi connectivity index (χ1n) is 6.29. The predicted octanol–water partition coefficient (Wildman–Crippen LogP) is 0.922. The summed E-state index contributed by atoms with van der Waals surface area (Å²) in [5.41, 5.74) is 1.05. The molecule has 0 radical (unpaired) electrons. The van der Waals surface area contributed by atoms with Crippen LogP contribution in [-0.4, -0.2) is 37.5 Å². The van der Waals surface area contributed by atoms with Gasteiger partial charge in [-0.3, -0.25) is 4.79 Å². The van der Waals surface area contributed by atoms with E-state index in [9.17, 15) is 13.2 Å². The van der Waals surface area contributed by atoms with Crippen molar-refractivity contribution in [2.24, 2.45) is 0 Å². The number of anilines is 1. The summed E-state index contributed by atoms with van der Waals surface area (Å²) in [4.78, 5) is 11.8. The molecule has 0 spiro atoms. The van der Waals surface area contributed by atoms with Crippen LogP contribution in [0.4, 0.5) is 5.69 Å². The quantitative estimate of drug-likeness (QED) is 0.897. The van der Waals surface area contributed by atoms with Gasteiger partial charge in [-0.1, -0.05) is 0 Å². The summed E-state index contributed by atoms with van der Waals surface area (Å²) in [6.45, 7) is 0.228. The summed E-state index contributed by atoms with van der Waals surface area (Å²) in [7, 11) is -3.29. The zero-order valence-corrected chi connectivity index (χ0v) is 11.7. The summed E-state index contributed by atoms with van der Waals surface area (Å²) in [6.07, 6.45) is 1.43. The van der Waals surface area contributed by atoms with Gasteiger partial charge < -0.3 is 5.32 Å². The number of hydrogen-bond acceptors (Lipinski definition) is 4. The molecule has 106 valence electrons. The number of nitrogens with one attached hydrogen (secondary N) is 1. The van der Waals surface area contributed by atoms with Crippen LogP contribution in [0.25, 0.3) is 0 Å². The molecule has 1 heterocycles. The standard InChI is InChI=1S/C13H15N3O3S/c14-9-11-3-5-12(6-4-11)15-13(17)10-16-7-1-2-8-20(16,18)19/h3-6H,1-2,7-8,10H2,(H,15,17). The third kappa shape index (κ3) is 3.56. The van der Waals surface area contributed by atoms with E-state index in [2.05, 4.69) is 5.32 Å². The van der Waals surface area contributed by atoms with Gasteiger partial charge in [-0.25, -0.2) is 8.42 Å². The van der Waals surface area contributed by atoms with Crippen LogP contribution in [-0.2, 0) is 14.8 Å². The van der Waals surface area contributed by atoms with E-state index >= 15 is 0 Å². The maximum Gasteiger partial charge on any atom is 0.239 e. The molecule has 0 aliphatic carbocycles. The van der Waals surface area contributed by atoms with Crippen LogP contribution in [0.2, 0.25) is 0 Å². The van der Waals surface area contributed by atoms with Gasteiger partial charge >= 0.3 is 0 Å². The molecule has 1 aromatic rings. The van der Waals surface area contributed by atoms with Crippen LogP contribution >= 0.6 is 0 Å². The Morgan fingerprint density at radius 2 is 2.00 bits per heavy atom. The van der Waals surface area contributed by atoms with E-state index < -0.39 is 10.0 Å². The van der Waals surface area contributed by atoms with Crippen molar-refractivity contribution in [2.75, 3.05) is 24.2 Å². The molecule has 1 saturated heterocycles. The van der Waals surface area contributed by atoms with E-state index in [0.29, 0.717) is 24.2 Å². The normalized spacial score (nSPS) is 18.1. The molecule has 1 aliphatic heterocycles. The number of rotatable bonds is 3. The van der Waals surface area contributed by atoms with Crippen LogP contribution in [0.5, 0.6) is 0 Å². The summed E-state index contributed by atoms with van der Waals surface area (Å²) >= 11 is 0. The maximum atomic E-state index is 11.8. The van der Waals surface area contributed by atoms with E-state index in [1.165, 1.54) is 4.31 Å². The number of nitrogens with zero attached hydrogens (tertiary/aromatic N) is 2. The fourth-order valence-electron chi connectivity index (χ4n) is 2.01. The third-order valence-electron chi connectivity index (χ3n) is 3.07. The molecule has 6 nitrogen and oxygen atoms in total. The number of benzene rings is 1. The second kappa shape index (κ2) is 6.03. The number of carbonyl (C=O) groups is 1. The highest BCUT2D eigenvalue weighted by molar-refractivity contribution is 7.89. The molecule has 2 rings (SSSR count). The van der Waals surface area contributed by atoms with Crippen LogP contribution in [0.1, 0.15) is 18.4 Å². The van der Waals surface area contributed by atoms with Crippen molar-refractivity contribution in [1.82, 2.24) is 4.31 Å². The molecular weight excluding hydrogens is 278 g/mol. The van der Waals surface area contributed by atoms with Crippen LogP contribution in [0, 0.1) is 11.3 Å². The molecule has 1 aliphatic rings. The molecule has 0 bridgehead atoms. The fourth-order valence-corrected chi connectivity index (χ4v) is 3.56. The molecule has 0 unspecified atom stereocenters. The van der Waals surface area contributed by atoms with Crippen LogP contribution in [0.15, 0.2) is 24.3 Å². The minimum atomic E-state index is -3.29. The zero-order chi connectivity index (χ0) is 14.6. The van der Waals surface area contributed by atoms with Gasteiger partial charge in [-0.05, 0) is 37.1 Å². The van der Waals surface area contributed by atoms with Crippen molar-refractivity contribution in [2.45, 2.75) is 12.8 Å². The van der Waals surface area contributed by atoms with Crippen molar-refractivity contribution in [3.05, 3.63) is 29.8 Å². The van der Waals surface area contributed by atoms with Gasteiger partial charge in [0, 0.05) is 12.2 Å². The molecule has 1 N–H and O–H groups in total. The Labute approximate surface area is 118 Å². The highest BCUT2D eigenvalue weighted by Gasteiger charge is 2.27. The van der Waals surface area contributed by atoms with Gasteiger partial charge in [0.15, 0.2) is 0 Å². The summed E-state index contributed by atoms with van der Waals surface area (Å²) < 4.78 is 24.7. The summed E-state index contributed by atoms with van der Waals surface area (Å²) in [6, 6.07) is 8.39. The van der Waals surface area contributed by atoms with Gasteiger partial charge in [0.05, 0.1) is 23.9 Å². The monoisotopic (exact) mass is 293 g/mol. The average molecular weight is 293 g/mol. The van der Waals surface area contributed by atoms with E-state index in [4.69, 9.17) is 5.26 Å². The molecule has 0 atom stereocenters. The zero-order valence-electron chi connectivity index (χ0n) is 10.9. The minimum absolute atomic E-state index is 0.108. The van der Waals surface area contributed by atoms with E-state index in [0.717, 1.165) is 6.42 Å². The molecule has 1 aromatic carbocycles. The van der Waals surface area contributed by atoms with Gasteiger partial charge in [0.2, 0.25) is 15.9 Å². The average Bonchev–Trinajstić information content (AvgIpc) is 2.42. The van der Waals surface area contributed by atoms with Gasteiger partial charge in [0.1, 0.15) is 0 Å². The third-order valence-corrected chi connectivity index (χ3v) is 4.97. The number of sulfonamides is 1. The first kappa shape index (κ1) is 14.5. The molecule has 0 aromatic heterocycles. The minimum Gasteiger partial charge on any atom is -0.325 e. The van der Waals surface area contributed by atoms with E-state index in [-0.39, 0.29) is 18.2 Å². The Hall–Kier alpha value is -1.91. The van der Waals surface area contributed by atoms with Crippen molar-refractivity contribution in [1.29, 1.82) is 5.26 Å². The predicted molar refractivity (Wildman–Crippen MR) is 74.4 cm³/mol. The smallest absolute Gasteiger partial charge is 0.239 e. The topological polar surface area (TPSA) is 90.3 Å². The summed E-state index contributed by atoms with van der Waals surface area (Å²) in [5, 5.41) is 11.3. The van der Waals surface area contributed by atoms with E-state index in [1.807, 2.05) is 6.07 Å². The number of carbonyl (C=O) groups excluding carboxylic acids is 1. The largest absolute Gasteiger partial charge is 0.325 e. The molecule has 7 heteroatoms. The highest BCUT2D eigenvalue weighted by atomic mass is 32.2. The van der Waals surface area contributed by atoms with Crippen LogP contribution < -0.4 is 5.32 Å². The number of amides is 1. The van der Waals surface area contributed by atoms with Crippen molar-refractivity contribution < 1.29 is 13.2 Å². The van der Waals surface area contributed by atoms with Crippen molar-refractivity contribution in [3.63, 3.8) is 0 Å². The molecule has 20 heavy (non-hydrogen) atoms. The lowest BCUT2D eigenvalue weighted by Gasteiger charge is -2.25. The summed E-state index contributed by atoms with van der Waals surface area (Å²) in [5.74, 6) is -0.267. The van der Waals surface area contributed by atoms with Crippen molar-refractivity contribution >= 4 is 21.6 Å².